The molecule has 136 valence electrons. The summed E-state index contributed by atoms with van der Waals surface area (Å²) in [5.74, 6) is 0.365. The number of anilines is 1. The highest BCUT2D eigenvalue weighted by Gasteiger charge is 2.27. The van der Waals surface area contributed by atoms with Gasteiger partial charge in [-0.25, -0.2) is 0 Å². The zero-order chi connectivity index (χ0) is 18.3. The first kappa shape index (κ1) is 18.9. The Balaban J connectivity index is 1.93. The molecule has 0 spiro atoms. The molecular formula is C17H22F3N5. The molecule has 1 saturated heterocycles. The first-order chi connectivity index (χ1) is 11.9. The van der Waals surface area contributed by atoms with Crippen LogP contribution in [-0.2, 0) is 0 Å². The van der Waals surface area contributed by atoms with Crippen molar-refractivity contribution in [3.63, 3.8) is 0 Å². The Morgan fingerprint density at radius 2 is 2.16 bits per heavy atom. The number of piperidine rings is 1. The molecule has 0 aromatic heterocycles. The largest absolute Gasteiger partial charge is 0.390 e. The van der Waals surface area contributed by atoms with Crippen molar-refractivity contribution in [3.05, 3.63) is 29.8 Å². The van der Waals surface area contributed by atoms with Crippen molar-refractivity contribution in [2.24, 2.45) is 4.99 Å². The number of hydrogen-bond donors (Lipinski definition) is 2. The van der Waals surface area contributed by atoms with Gasteiger partial charge in [-0.1, -0.05) is 12.1 Å². The summed E-state index contributed by atoms with van der Waals surface area (Å²) in [6, 6.07) is 9.67. The molecule has 0 amide bonds. The zero-order valence-electron chi connectivity index (χ0n) is 14.1. The number of rotatable bonds is 4. The van der Waals surface area contributed by atoms with Gasteiger partial charge in [-0.05, 0) is 25.0 Å². The minimum atomic E-state index is -4.19. The van der Waals surface area contributed by atoms with Gasteiger partial charge in [-0.2, -0.15) is 18.4 Å². The lowest BCUT2D eigenvalue weighted by Crippen LogP contribution is -2.51. The van der Waals surface area contributed by atoms with Crippen molar-refractivity contribution < 1.29 is 13.2 Å². The van der Waals surface area contributed by atoms with Crippen LogP contribution in [0.3, 0.4) is 0 Å². The molecule has 0 bridgehead atoms. The number of nitrogens with zero attached hydrogens (tertiary/aromatic N) is 3. The van der Waals surface area contributed by atoms with Crippen LogP contribution >= 0.6 is 0 Å². The van der Waals surface area contributed by atoms with Crippen molar-refractivity contribution in [1.82, 2.24) is 10.6 Å². The fourth-order valence-corrected chi connectivity index (χ4v) is 2.87. The summed E-state index contributed by atoms with van der Waals surface area (Å²) >= 11 is 0. The number of hydrogen-bond acceptors (Lipinski definition) is 3. The zero-order valence-corrected chi connectivity index (χ0v) is 14.1. The highest BCUT2D eigenvalue weighted by Crippen LogP contribution is 2.23. The average molecular weight is 353 g/mol. The molecule has 1 aliphatic rings. The van der Waals surface area contributed by atoms with E-state index in [4.69, 9.17) is 0 Å². The highest BCUT2D eigenvalue weighted by molar-refractivity contribution is 5.80. The molecule has 1 aromatic carbocycles. The lowest BCUT2D eigenvalue weighted by Gasteiger charge is -2.35. The first-order valence-corrected chi connectivity index (χ1v) is 8.21. The molecule has 1 aliphatic heterocycles. The number of nitrogens with one attached hydrogen (secondary N) is 2. The summed E-state index contributed by atoms with van der Waals surface area (Å²) in [4.78, 5) is 6.12. The lowest BCUT2D eigenvalue weighted by atomic mass is 10.0. The fourth-order valence-electron chi connectivity index (χ4n) is 2.87. The predicted octanol–water partition coefficient (Wildman–Crippen LogP) is 2.64. The Kier molecular flexibility index (Phi) is 6.51. The number of alkyl halides is 3. The second-order valence-corrected chi connectivity index (χ2v) is 5.92. The van der Waals surface area contributed by atoms with E-state index in [1.165, 1.54) is 7.05 Å². The van der Waals surface area contributed by atoms with E-state index in [2.05, 4.69) is 26.6 Å². The van der Waals surface area contributed by atoms with Gasteiger partial charge in [0.1, 0.15) is 6.07 Å². The Morgan fingerprint density at radius 1 is 1.40 bits per heavy atom. The number of benzene rings is 1. The second-order valence-electron chi connectivity index (χ2n) is 5.92. The molecule has 0 aliphatic carbocycles. The lowest BCUT2D eigenvalue weighted by molar-refractivity contribution is -0.132. The van der Waals surface area contributed by atoms with Crippen molar-refractivity contribution in [1.29, 1.82) is 5.26 Å². The van der Waals surface area contributed by atoms with Crippen molar-refractivity contribution in [2.75, 3.05) is 31.6 Å². The standard InChI is InChI=1S/C17H22F3N5/c1-22-16(23-9-8-17(18,19)20)24-14-6-4-10-25(12-14)15-7-3-2-5-13(15)11-21/h2-3,5,7,14H,4,6,8-10,12H2,1H3,(H2,22,23,24). The van der Waals surface area contributed by atoms with Gasteiger partial charge in [0.15, 0.2) is 5.96 Å². The third kappa shape index (κ3) is 5.85. The van der Waals surface area contributed by atoms with Gasteiger partial charge in [0.25, 0.3) is 0 Å². The van der Waals surface area contributed by atoms with Crippen LogP contribution in [0.25, 0.3) is 0 Å². The third-order valence-corrected chi connectivity index (χ3v) is 4.05. The summed E-state index contributed by atoms with van der Waals surface area (Å²) in [5, 5.41) is 15.1. The molecular weight excluding hydrogens is 331 g/mol. The van der Waals surface area contributed by atoms with Crippen LogP contribution in [0.5, 0.6) is 0 Å². The smallest absolute Gasteiger partial charge is 0.368 e. The van der Waals surface area contributed by atoms with E-state index in [9.17, 15) is 18.4 Å². The SMILES string of the molecule is CN=C(NCCC(F)(F)F)NC1CCCN(c2ccccc2C#N)C1. The van der Waals surface area contributed by atoms with Gasteiger partial charge in [0.05, 0.1) is 17.7 Å². The minimum Gasteiger partial charge on any atom is -0.368 e. The Bertz CT molecular complexity index is 636. The van der Waals surface area contributed by atoms with E-state index in [-0.39, 0.29) is 12.6 Å². The second kappa shape index (κ2) is 8.60. The molecule has 5 nitrogen and oxygen atoms in total. The molecule has 2 N–H and O–H groups in total. The van der Waals surface area contributed by atoms with Gasteiger partial charge in [-0.3, -0.25) is 4.99 Å². The molecule has 25 heavy (non-hydrogen) atoms. The van der Waals surface area contributed by atoms with E-state index in [0.29, 0.717) is 18.1 Å². The van der Waals surface area contributed by atoms with Crippen molar-refractivity contribution in [3.8, 4) is 6.07 Å². The normalized spacial score (nSPS) is 18.6. The molecule has 0 radical (unpaired) electrons. The van der Waals surface area contributed by atoms with Crippen LogP contribution < -0.4 is 15.5 Å². The Hall–Kier alpha value is -2.43. The summed E-state index contributed by atoms with van der Waals surface area (Å²) in [6.07, 6.45) is -3.27. The molecule has 1 aromatic rings. The molecule has 1 atom stereocenters. The Labute approximate surface area is 145 Å². The van der Waals surface area contributed by atoms with E-state index in [1.54, 1.807) is 6.07 Å². The van der Waals surface area contributed by atoms with E-state index < -0.39 is 12.6 Å². The van der Waals surface area contributed by atoms with Crippen LogP contribution in [0, 0.1) is 11.3 Å². The van der Waals surface area contributed by atoms with E-state index >= 15 is 0 Å². The van der Waals surface area contributed by atoms with Crippen molar-refractivity contribution >= 4 is 11.6 Å². The maximum atomic E-state index is 12.2. The van der Waals surface area contributed by atoms with Crippen LogP contribution in [0.1, 0.15) is 24.8 Å². The summed E-state index contributed by atoms with van der Waals surface area (Å²) in [6.45, 7) is 1.30. The molecule has 8 heteroatoms. The van der Waals surface area contributed by atoms with Crippen LogP contribution in [-0.4, -0.2) is 44.9 Å². The summed E-state index contributed by atoms with van der Waals surface area (Å²) in [7, 11) is 1.54. The maximum absolute atomic E-state index is 12.2. The number of guanidine groups is 1. The first-order valence-electron chi connectivity index (χ1n) is 8.21. The van der Waals surface area contributed by atoms with Gasteiger partial charge in [0.2, 0.25) is 0 Å². The minimum absolute atomic E-state index is 0.0533. The molecule has 1 heterocycles. The van der Waals surface area contributed by atoms with Gasteiger partial charge in [0, 0.05) is 32.7 Å². The van der Waals surface area contributed by atoms with Crippen LogP contribution in [0.4, 0.5) is 18.9 Å². The monoisotopic (exact) mass is 353 g/mol. The number of para-hydroxylation sites is 1. The van der Waals surface area contributed by atoms with Gasteiger partial charge >= 0.3 is 6.18 Å². The quantitative estimate of drug-likeness (QED) is 0.645. The molecule has 1 unspecified atom stereocenters. The van der Waals surface area contributed by atoms with E-state index in [0.717, 1.165) is 25.1 Å². The van der Waals surface area contributed by atoms with E-state index in [1.807, 2.05) is 18.2 Å². The van der Waals surface area contributed by atoms with Crippen LogP contribution in [0.2, 0.25) is 0 Å². The highest BCUT2D eigenvalue weighted by atomic mass is 19.4. The number of nitriles is 1. The summed E-state index contributed by atoms with van der Waals surface area (Å²) < 4.78 is 36.7. The van der Waals surface area contributed by atoms with Crippen molar-refractivity contribution in [2.45, 2.75) is 31.5 Å². The number of halogens is 3. The van der Waals surface area contributed by atoms with Gasteiger partial charge in [-0.15, -0.1) is 0 Å². The maximum Gasteiger partial charge on any atom is 0.390 e. The fraction of sp³-hybridized carbons (Fsp3) is 0.529. The third-order valence-electron chi connectivity index (χ3n) is 4.05. The van der Waals surface area contributed by atoms with Gasteiger partial charge < -0.3 is 15.5 Å². The average Bonchev–Trinajstić information content (AvgIpc) is 2.60. The molecule has 2 rings (SSSR count). The Morgan fingerprint density at radius 3 is 2.84 bits per heavy atom. The topological polar surface area (TPSA) is 63.5 Å². The molecule has 0 saturated carbocycles. The van der Waals surface area contributed by atoms with Crippen LogP contribution in [0.15, 0.2) is 29.3 Å². The number of aliphatic imine (C=N–C) groups is 1. The predicted molar refractivity (Wildman–Crippen MR) is 91.6 cm³/mol. The summed E-state index contributed by atoms with van der Waals surface area (Å²) in [5.41, 5.74) is 1.51. The molecule has 1 fully saturated rings.